The quantitative estimate of drug-likeness (QED) is 0.811. The Morgan fingerprint density at radius 2 is 1.91 bits per heavy atom. The molecule has 0 saturated heterocycles. The number of halogens is 1. The van der Waals surface area contributed by atoms with Crippen molar-refractivity contribution >= 4 is 33.2 Å². The Morgan fingerprint density at radius 3 is 2.48 bits per heavy atom. The number of carbonyl (C=O) groups is 1. The zero-order valence-corrected chi connectivity index (χ0v) is 14.6. The van der Waals surface area contributed by atoms with Crippen molar-refractivity contribution in [3.05, 3.63) is 58.1 Å². The highest BCUT2D eigenvalue weighted by Gasteiger charge is 2.07. The van der Waals surface area contributed by atoms with E-state index in [0.29, 0.717) is 12.1 Å². The summed E-state index contributed by atoms with van der Waals surface area (Å²) in [5.74, 6) is -0.0255. The Hall–Kier alpha value is -2.32. The van der Waals surface area contributed by atoms with Crippen molar-refractivity contribution < 1.29 is 4.79 Å². The molecule has 0 heterocycles. The number of nitrogens with one attached hydrogen (secondary N) is 2. The van der Waals surface area contributed by atoms with Crippen LogP contribution in [0.4, 0.5) is 11.4 Å². The van der Waals surface area contributed by atoms with Crippen LogP contribution in [-0.2, 0) is 11.3 Å². The van der Waals surface area contributed by atoms with Gasteiger partial charge in [0.25, 0.3) is 0 Å². The first-order valence-corrected chi connectivity index (χ1v) is 8.12. The predicted molar refractivity (Wildman–Crippen MR) is 96.1 cm³/mol. The number of hydrogen-bond acceptors (Lipinski definition) is 3. The molecule has 0 aliphatic rings. The Balaban J connectivity index is 1.96. The van der Waals surface area contributed by atoms with Gasteiger partial charge in [0.2, 0.25) is 5.91 Å². The first kappa shape index (κ1) is 17.0. The van der Waals surface area contributed by atoms with Gasteiger partial charge in [-0.05, 0) is 51.8 Å². The second-order valence-corrected chi connectivity index (χ2v) is 6.36. The molecular weight excluding hydrogens is 354 g/mol. The highest BCUT2D eigenvalue weighted by Crippen LogP contribution is 2.24. The lowest BCUT2D eigenvalue weighted by Crippen LogP contribution is -2.17. The lowest BCUT2D eigenvalue weighted by molar-refractivity contribution is -0.118. The second kappa shape index (κ2) is 7.80. The minimum Gasteiger partial charge on any atom is -0.380 e. The molecule has 0 aliphatic heterocycles. The molecule has 0 atom stereocenters. The van der Waals surface area contributed by atoms with Crippen LogP contribution in [0.15, 0.2) is 46.9 Å². The first-order valence-electron chi connectivity index (χ1n) is 7.33. The van der Waals surface area contributed by atoms with Crippen LogP contribution in [-0.4, -0.2) is 5.91 Å². The van der Waals surface area contributed by atoms with Gasteiger partial charge in [0, 0.05) is 28.3 Å². The zero-order chi connectivity index (χ0) is 16.8. The van der Waals surface area contributed by atoms with E-state index >= 15 is 0 Å². The van der Waals surface area contributed by atoms with Crippen LogP contribution in [0.5, 0.6) is 0 Å². The van der Waals surface area contributed by atoms with Gasteiger partial charge in [0.1, 0.15) is 0 Å². The first-order chi connectivity index (χ1) is 11.0. The number of hydrogen-bond donors (Lipinski definition) is 2. The van der Waals surface area contributed by atoms with Gasteiger partial charge in [-0.1, -0.05) is 26.0 Å². The van der Waals surface area contributed by atoms with Gasteiger partial charge in [-0.3, -0.25) is 4.79 Å². The Bertz CT molecular complexity index is 733. The smallest absolute Gasteiger partial charge is 0.226 e. The summed E-state index contributed by atoms with van der Waals surface area (Å²) < 4.78 is 0.859. The van der Waals surface area contributed by atoms with Crippen LogP contribution < -0.4 is 10.6 Å². The lowest BCUT2D eigenvalue weighted by atomic mass is 10.1. The van der Waals surface area contributed by atoms with Crippen LogP contribution >= 0.6 is 15.9 Å². The van der Waals surface area contributed by atoms with E-state index in [1.54, 1.807) is 12.1 Å². The normalized spacial score (nSPS) is 10.2. The fourth-order valence-corrected chi connectivity index (χ4v) is 2.44. The molecule has 0 unspecified atom stereocenters. The summed E-state index contributed by atoms with van der Waals surface area (Å²) in [4.78, 5) is 11.6. The average molecular weight is 372 g/mol. The molecule has 2 N–H and O–H groups in total. The molecule has 2 aromatic carbocycles. The predicted octanol–water partition coefficient (Wildman–Crippen LogP) is 4.53. The largest absolute Gasteiger partial charge is 0.380 e. The van der Waals surface area contributed by atoms with E-state index in [-0.39, 0.29) is 11.8 Å². The minimum atomic E-state index is -0.0370. The molecule has 118 valence electrons. The molecule has 0 saturated carbocycles. The van der Waals surface area contributed by atoms with E-state index in [4.69, 9.17) is 5.26 Å². The molecule has 4 nitrogen and oxygen atoms in total. The summed E-state index contributed by atoms with van der Waals surface area (Å²) in [6.07, 6.45) is 0. The topological polar surface area (TPSA) is 64.9 Å². The summed E-state index contributed by atoms with van der Waals surface area (Å²) in [5.41, 5.74) is 3.45. The van der Waals surface area contributed by atoms with Crippen molar-refractivity contribution in [1.82, 2.24) is 0 Å². The molecule has 0 radical (unpaired) electrons. The third-order valence-corrected chi connectivity index (χ3v) is 3.98. The van der Waals surface area contributed by atoms with E-state index in [1.165, 1.54) is 0 Å². The molecule has 2 rings (SSSR count). The molecule has 23 heavy (non-hydrogen) atoms. The molecule has 0 spiro atoms. The van der Waals surface area contributed by atoms with E-state index in [0.717, 1.165) is 21.4 Å². The van der Waals surface area contributed by atoms with Crippen molar-refractivity contribution in [3.63, 3.8) is 0 Å². The molecule has 0 aliphatic carbocycles. The highest BCUT2D eigenvalue weighted by atomic mass is 79.9. The van der Waals surface area contributed by atoms with Crippen LogP contribution in [0.1, 0.15) is 25.0 Å². The third kappa shape index (κ3) is 4.83. The average Bonchev–Trinajstić information content (AvgIpc) is 2.54. The molecular formula is C18H18BrN3O. The molecule has 0 bridgehead atoms. The van der Waals surface area contributed by atoms with Gasteiger partial charge < -0.3 is 10.6 Å². The summed E-state index contributed by atoms with van der Waals surface area (Å²) >= 11 is 3.45. The SMILES string of the molecule is CC(C)C(=O)Nc1ccc(CNc2ccc(C#N)cc2Br)cc1. The second-order valence-electron chi connectivity index (χ2n) is 5.50. The number of carbonyl (C=O) groups excluding carboxylic acids is 1. The Labute approximate surface area is 144 Å². The number of benzene rings is 2. The number of anilines is 2. The van der Waals surface area contributed by atoms with Crippen molar-refractivity contribution in [2.45, 2.75) is 20.4 Å². The Morgan fingerprint density at radius 1 is 1.22 bits per heavy atom. The maximum Gasteiger partial charge on any atom is 0.226 e. The van der Waals surface area contributed by atoms with Crippen molar-refractivity contribution in [2.24, 2.45) is 5.92 Å². The van der Waals surface area contributed by atoms with Crippen molar-refractivity contribution in [1.29, 1.82) is 5.26 Å². The van der Waals surface area contributed by atoms with Crippen LogP contribution in [0.2, 0.25) is 0 Å². The monoisotopic (exact) mass is 371 g/mol. The summed E-state index contributed by atoms with van der Waals surface area (Å²) in [6, 6.07) is 15.3. The Kier molecular flexibility index (Phi) is 5.78. The fraction of sp³-hybridized carbons (Fsp3) is 0.222. The fourth-order valence-electron chi connectivity index (χ4n) is 1.92. The summed E-state index contributed by atoms with van der Waals surface area (Å²) in [7, 11) is 0. The van der Waals surface area contributed by atoms with Crippen molar-refractivity contribution in [3.8, 4) is 6.07 Å². The van der Waals surface area contributed by atoms with Crippen LogP contribution in [0.3, 0.4) is 0 Å². The summed E-state index contributed by atoms with van der Waals surface area (Å²) in [5, 5.41) is 15.0. The van der Waals surface area contributed by atoms with Gasteiger partial charge >= 0.3 is 0 Å². The van der Waals surface area contributed by atoms with Crippen LogP contribution in [0, 0.1) is 17.2 Å². The van der Waals surface area contributed by atoms with E-state index < -0.39 is 0 Å². The van der Waals surface area contributed by atoms with Gasteiger partial charge in [0.05, 0.1) is 11.6 Å². The molecule has 0 aromatic heterocycles. The zero-order valence-electron chi connectivity index (χ0n) is 13.1. The van der Waals surface area contributed by atoms with Crippen molar-refractivity contribution in [2.75, 3.05) is 10.6 Å². The van der Waals surface area contributed by atoms with E-state index in [1.807, 2.05) is 44.2 Å². The number of rotatable bonds is 5. The van der Waals surface area contributed by atoms with E-state index in [2.05, 4.69) is 32.6 Å². The van der Waals surface area contributed by atoms with Gasteiger partial charge in [-0.15, -0.1) is 0 Å². The molecule has 5 heteroatoms. The molecule has 0 fully saturated rings. The number of nitriles is 1. The maximum absolute atomic E-state index is 11.6. The van der Waals surface area contributed by atoms with Gasteiger partial charge in [-0.25, -0.2) is 0 Å². The summed E-state index contributed by atoms with van der Waals surface area (Å²) in [6.45, 7) is 4.38. The number of amides is 1. The maximum atomic E-state index is 11.6. The standard InChI is InChI=1S/C18H18BrN3O/c1-12(2)18(23)22-15-6-3-13(4-7-15)11-21-17-8-5-14(10-20)9-16(17)19/h3-9,12,21H,11H2,1-2H3,(H,22,23). The van der Waals surface area contributed by atoms with Crippen LogP contribution in [0.25, 0.3) is 0 Å². The lowest BCUT2D eigenvalue weighted by Gasteiger charge is -2.11. The number of nitrogens with zero attached hydrogens (tertiary/aromatic N) is 1. The minimum absolute atomic E-state index is 0.0115. The third-order valence-electron chi connectivity index (χ3n) is 3.33. The molecule has 1 amide bonds. The molecule has 2 aromatic rings. The van der Waals surface area contributed by atoms with E-state index in [9.17, 15) is 4.79 Å². The van der Waals surface area contributed by atoms with Gasteiger partial charge in [-0.2, -0.15) is 5.26 Å². The van der Waals surface area contributed by atoms with Gasteiger partial charge in [0.15, 0.2) is 0 Å². The highest BCUT2D eigenvalue weighted by molar-refractivity contribution is 9.10.